The molecule has 4 aromatic rings. The Hall–Kier alpha value is -3.20. The summed E-state index contributed by atoms with van der Waals surface area (Å²) in [6, 6.07) is 4.09. The predicted molar refractivity (Wildman–Crippen MR) is 120 cm³/mol. The van der Waals surface area contributed by atoms with Crippen molar-refractivity contribution in [2.75, 3.05) is 43.1 Å². The first-order valence-electron chi connectivity index (χ1n) is 9.87. The zero-order valence-electron chi connectivity index (χ0n) is 17.2. The van der Waals surface area contributed by atoms with Crippen LogP contribution >= 0.6 is 11.3 Å². The average molecular weight is 422 g/mol. The first-order chi connectivity index (χ1) is 14.6. The Bertz CT molecular complexity index is 1190. The average Bonchev–Trinajstić information content (AvgIpc) is 3.42. The predicted octanol–water partition coefficient (Wildman–Crippen LogP) is 3.13. The maximum atomic E-state index is 5.50. The monoisotopic (exact) mass is 421 g/mol. The van der Waals surface area contributed by atoms with E-state index >= 15 is 0 Å². The SMILES string of the molecule is COc1ccc(C)c2sc(N3CCN(c4cncc(-c5cnn(C)c5)n4)CC3)nc12. The summed E-state index contributed by atoms with van der Waals surface area (Å²) in [5, 5.41) is 5.28. The van der Waals surface area contributed by atoms with Gasteiger partial charge in [0.1, 0.15) is 17.1 Å². The Morgan fingerprint density at radius 1 is 1.00 bits per heavy atom. The number of benzene rings is 1. The van der Waals surface area contributed by atoms with Crippen LogP contribution in [0, 0.1) is 6.92 Å². The number of ether oxygens (including phenoxy) is 1. The summed E-state index contributed by atoms with van der Waals surface area (Å²) in [6.07, 6.45) is 7.39. The second kappa shape index (κ2) is 7.56. The van der Waals surface area contributed by atoms with Crippen molar-refractivity contribution in [3.8, 4) is 17.0 Å². The molecule has 0 bridgehead atoms. The van der Waals surface area contributed by atoms with Crippen molar-refractivity contribution >= 4 is 32.5 Å². The van der Waals surface area contributed by atoms with Crippen molar-refractivity contribution in [2.24, 2.45) is 7.05 Å². The first-order valence-corrected chi connectivity index (χ1v) is 10.7. The highest BCUT2D eigenvalue weighted by atomic mass is 32.1. The van der Waals surface area contributed by atoms with Gasteiger partial charge in [-0.2, -0.15) is 5.10 Å². The number of hydrogen-bond donors (Lipinski definition) is 0. The van der Waals surface area contributed by atoms with Gasteiger partial charge in [-0.15, -0.1) is 0 Å². The largest absolute Gasteiger partial charge is 0.494 e. The van der Waals surface area contributed by atoms with Crippen molar-refractivity contribution in [1.29, 1.82) is 0 Å². The molecule has 1 aromatic carbocycles. The van der Waals surface area contributed by atoms with E-state index in [1.54, 1.807) is 29.3 Å². The molecule has 0 amide bonds. The molecule has 1 fully saturated rings. The summed E-state index contributed by atoms with van der Waals surface area (Å²) in [6.45, 7) is 5.64. The fourth-order valence-corrected chi connectivity index (χ4v) is 4.83. The van der Waals surface area contributed by atoms with Gasteiger partial charge in [0.25, 0.3) is 0 Å². The smallest absolute Gasteiger partial charge is 0.186 e. The van der Waals surface area contributed by atoms with Gasteiger partial charge in [0.15, 0.2) is 5.13 Å². The number of rotatable bonds is 4. The molecule has 0 saturated carbocycles. The Balaban J connectivity index is 1.33. The topological polar surface area (TPSA) is 72.2 Å². The fraction of sp³-hybridized carbons (Fsp3) is 0.333. The lowest BCUT2D eigenvalue weighted by atomic mass is 10.2. The molecular formula is C21H23N7OS. The molecular weight excluding hydrogens is 398 g/mol. The number of aromatic nitrogens is 5. The number of methoxy groups -OCH3 is 1. The van der Waals surface area contributed by atoms with E-state index in [1.165, 1.54) is 10.3 Å². The summed E-state index contributed by atoms with van der Waals surface area (Å²) < 4.78 is 8.47. The van der Waals surface area contributed by atoms with Crippen molar-refractivity contribution in [3.05, 3.63) is 42.5 Å². The molecule has 1 aliphatic heterocycles. The van der Waals surface area contributed by atoms with E-state index in [0.717, 1.165) is 59.7 Å². The second-order valence-electron chi connectivity index (χ2n) is 7.40. The zero-order chi connectivity index (χ0) is 20.7. The molecule has 1 saturated heterocycles. The van der Waals surface area contributed by atoms with Gasteiger partial charge < -0.3 is 14.5 Å². The molecule has 154 valence electrons. The minimum atomic E-state index is 0.833. The van der Waals surface area contributed by atoms with Crippen molar-refractivity contribution in [2.45, 2.75) is 6.92 Å². The third-order valence-corrected chi connectivity index (χ3v) is 6.66. The van der Waals surface area contributed by atoms with E-state index in [0.29, 0.717) is 0 Å². The number of nitrogens with zero attached hydrogens (tertiary/aromatic N) is 7. The van der Waals surface area contributed by atoms with Gasteiger partial charge in [0, 0.05) is 45.0 Å². The van der Waals surface area contributed by atoms with E-state index in [-0.39, 0.29) is 0 Å². The van der Waals surface area contributed by atoms with E-state index in [4.69, 9.17) is 14.7 Å². The number of aryl methyl sites for hydroxylation is 2. The van der Waals surface area contributed by atoms with Crippen LogP contribution in [0.5, 0.6) is 5.75 Å². The highest BCUT2D eigenvalue weighted by Gasteiger charge is 2.22. The second-order valence-corrected chi connectivity index (χ2v) is 8.38. The van der Waals surface area contributed by atoms with Crippen LogP contribution < -0.4 is 14.5 Å². The van der Waals surface area contributed by atoms with E-state index in [2.05, 4.69) is 32.9 Å². The zero-order valence-corrected chi connectivity index (χ0v) is 18.1. The maximum Gasteiger partial charge on any atom is 0.186 e. The first kappa shape index (κ1) is 18.8. The Morgan fingerprint density at radius 3 is 2.53 bits per heavy atom. The summed E-state index contributed by atoms with van der Waals surface area (Å²) in [4.78, 5) is 18.7. The molecule has 0 atom stereocenters. The molecule has 8 nitrogen and oxygen atoms in total. The lowest BCUT2D eigenvalue weighted by molar-refractivity contribution is 0.419. The van der Waals surface area contributed by atoms with E-state index in [9.17, 15) is 0 Å². The van der Waals surface area contributed by atoms with Gasteiger partial charge >= 0.3 is 0 Å². The van der Waals surface area contributed by atoms with Gasteiger partial charge in [-0.1, -0.05) is 17.4 Å². The quantitative estimate of drug-likeness (QED) is 0.501. The summed E-state index contributed by atoms with van der Waals surface area (Å²) in [7, 11) is 3.60. The van der Waals surface area contributed by atoms with Crippen molar-refractivity contribution in [3.63, 3.8) is 0 Å². The normalized spacial score (nSPS) is 14.5. The van der Waals surface area contributed by atoms with Crippen LogP contribution in [0.3, 0.4) is 0 Å². The van der Waals surface area contributed by atoms with Gasteiger partial charge in [0.2, 0.25) is 0 Å². The Morgan fingerprint density at radius 2 is 1.80 bits per heavy atom. The van der Waals surface area contributed by atoms with Crippen LogP contribution in [0.15, 0.2) is 36.9 Å². The lowest BCUT2D eigenvalue weighted by Crippen LogP contribution is -2.46. The number of piperazine rings is 1. The van der Waals surface area contributed by atoms with Crippen LogP contribution in [-0.4, -0.2) is 58.0 Å². The number of thiazole rings is 1. The molecule has 5 rings (SSSR count). The molecule has 30 heavy (non-hydrogen) atoms. The maximum absolute atomic E-state index is 5.50. The lowest BCUT2D eigenvalue weighted by Gasteiger charge is -2.35. The van der Waals surface area contributed by atoms with E-state index in [1.807, 2.05) is 31.7 Å². The molecule has 0 spiro atoms. The van der Waals surface area contributed by atoms with Crippen LogP contribution in [-0.2, 0) is 7.05 Å². The highest BCUT2D eigenvalue weighted by molar-refractivity contribution is 7.22. The van der Waals surface area contributed by atoms with Gasteiger partial charge in [-0.05, 0) is 18.6 Å². The van der Waals surface area contributed by atoms with Gasteiger partial charge in [0.05, 0.1) is 36.1 Å². The molecule has 0 aliphatic carbocycles. The van der Waals surface area contributed by atoms with Gasteiger partial charge in [-0.3, -0.25) is 9.67 Å². The van der Waals surface area contributed by atoms with E-state index < -0.39 is 0 Å². The van der Waals surface area contributed by atoms with Crippen molar-refractivity contribution < 1.29 is 4.74 Å². The van der Waals surface area contributed by atoms with Gasteiger partial charge in [-0.25, -0.2) is 9.97 Å². The third-order valence-electron chi connectivity index (χ3n) is 5.41. The minimum Gasteiger partial charge on any atom is -0.494 e. The van der Waals surface area contributed by atoms with Crippen molar-refractivity contribution in [1.82, 2.24) is 24.7 Å². The molecule has 0 N–H and O–H groups in total. The molecule has 1 aliphatic rings. The third kappa shape index (κ3) is 3.35. The Kier molecular flexibility index (Phi) is 4.74. The van der Waals surface area contributed by atoms with Crippen LogP contribution in [0.25, 0.3) is 21.5 Å². The molecule has 0 unspecified atom stereocenters. The minimum absolute atomic E-state index is 0.833. The number of anilines is 2. The summed E-state index contributed by atoms with van der Waals surface area (Å²) in [5.41, 5.74) is 4.01. The number of hydrogen-bond acceptors (Lipinski definition) is 8. The molecule has 3 aromatic heterocycles. The standard InChI is InChI=1S/C21H23N7OS/c1-14-4-5-17(29-3)19-20(14)30-21(25-19)28-8-6-27(7-9-28)18-12-22-11-16(24-18)15-10-23-26(2)13-15/h4-5,10-13H,6-9H2,1-3H3. The Labute approximate surface area is 178 Å². The molecule has 0 radical (unpaired) electrons. The molecule has 9 heteroatoms. The fourth-order valence-electron chi connectivity index (χ4n) is 3.73. The van der Waals surface area contributed by atoms with Crippen LogP contribution in [0.2, 0.25) is 0 Å². The van der Waals surface area contributed by atoms with Crippen LogP contribution in [0.4, 0.5) is 10.9 Å². The summed E-state index contributed by atoms with van der Waals surface area (Å²) in [5.74, 6) is 1.73. The highest BCUT2D eigenvalue weighted by Crippen LogP contribution is 2.36. The summed E-state index contributed by atoms with van der Waals surface area (Å²) >= 11 is 1.74. The van der Waals surface area contributed by atoms with Crippen LogP contribution in [0.1, 0.15) is 5.56 Å². The molecule has 4 heterocycles. The number of fused-ring (bicyclic) bond motifs is 1.